The lowest BCUT2D eigenvalue weighted by Crippen LogP contribution is -2.39. The Labute approximate surface area is 115 Å². The molecule has 0 saturated carbocycles. The molecule has 0 fully saturated rings. The van der Waals surface area contributed by atoms with Gasteiger partial charge in [0.05, 0.1) is 9.34 Å². The summed E-state index contributed by atoms with van der Waals surface area (Å²) < 4.78 is 10.9. The van der Waals surface area contributed by atoms with E-state index in [1.807, 2.05) is 12.2 Å². The van der Waals surface area contributed by atoms with Gasteiger partial charge in [-0.05, 0) is 25.7 Å². The van der Waals surface area contributed by atoms with Crippen molar-refractivity contribution in [3.63, 3.8) is 0 Å². The van der Waals surface area contributed by atoms with Crippen LogP contribution in [0.1, 0.15) is 25.7 Å². The van der Waals surface area contributed by atoms with Crippen LogP contribution in [-0.2, 0) is 9.47 Å². The molecule has 0 saturated heterocycles. The molecule has 0 N–H and O–H groups in total. The van der Waals surface area contributed by atoms with Crippen molar-refractivity contribution in [2.24, 2.45) is 0 Å². The maximum Gasteiger partial charge on any atom is 0.147 e. The van der Waals surface area contributed by atoms with E-state index in [-0.39, 0.29) is 9.34 Å². The smallest absolute Gasteiger partial charge is 0.147 e. The maximum absolute atomic E-state index is 5.83. The molecule has 0 aliphatic rings. The van der Waals surface area contributed by atoms with Gasteiger partial charge in [-0.25, -0.2) is 0 Å². The average molecular weight is 356 g/mol. The van der Waals surface area contributed by atoms with Gasteiger partial charge in [-0.3, -0.25) is 0 Å². The van der Waals surface area contributed by atoms with Crippen molar-refractivity contribution in [2.75, 3.05) is 13.9 Å². The number of rotatable bonds is 10. The van der Waals surface area contributed by atoms with Crippen LogP contribution >= 0.6 is 31.9 Å². The molecule has 0 radical (unpaired) electrons. The predicted molar refractivity (Wildman–Crippen MR) is 76.2 cm³/mol. The Hall–Kier alpha value is 0.360. The molecule has 0 amide bonds. The summed E-state index contributed by atoms with van der Waals surface area (Å²) >= 11 is 7.11. The van der Waals surface area contributed by atoms with Crippen molar-refractivity contribution < 1.29 is 9.47 Å². The summed E-state index contributed by atoms with van der Waals surface area (Å²) in [6.45, 7) is 7.79. The Morgan fingerprint density at radius 3 is 2.00 bits per heavy atom. The molecular formula is C12H20Br2O2. The van der Waals surface area contributed by atoms with Gasteiger partial charge in [-0.2, -0.15) is 0 Å². The van der Waals surface area contributed by atoms with Crippen LogP contribution in [0.2, 0.25) is 0 Å². The number of halogens is 2. The number of methoxy groups -OCH3 is 1. The first-order valence-electron chi connectivity index (χ1n) is 5.25. The van der Waals surface area contributed by atoms with Crippen LogP contribution in [-0.4, -0.2) is 23.2 Å². The molecule has 0 aromatic carbocycles. The minimum absolute atomic E-state index is 0.0857. The zero-order chi connectivity index (χ0) is 12.4. The van der Waals surface area contributed by atoms with Crippen LogP contribution in [0.3, 0.4) is 0 Å². The van der Waals surface area contributed by atoms with E-state index in [1.54, 1.807) is 7.11 Å². The zero-order valence-electron chi connectivity index (χ0n) is 9.75. The molecule has 2 nitrogen and oxygen atoms in total. The predicted octanol–water partition coefficient (Wildman–Crippen LogP) is 4.39. The summed E-state index contributed by atoms with van der Waals surface area (Å²) in [4.78, 5) is 0. The van der Waals surface area contributed by atoms with Crippen molar-refractivity contribution in [3.8, 4) is 0 Å². The first-order chi connectivity index (χ1) is 7.63. The van der Waals surface area contributed by atoms with Crippen LogP contribution in [0.15, 0.2) is 25.3 Å². The van der Waals surface area contributed by atoms with E-state index in [9.17, 15) is 0 Å². The summed E-state index contributed by atoms with van der Waals surface area (Å²) in [5, 5.41) is 0. The van der Waals surface area contributed by atoms with Gasteiger partial charge in [0.1, 0.15) is 6.79 Å². The maximum atomic E-state index is 5.83. The highest BCUT2D eigenvalue weighted by Crippen LogP contribution is 2.36. The van der Waals surface area contributed by atoms with Gasteiger partial charge in [0.15, 0.2) is 0 Å². The molecule has 4 heteroatoms. The topological polar surface area (TPSA) is 18.5 Å². The van der Waals surface area contributed by atoms with Crippen LogP contribution < -0.4 is 0 Å². The van der Waals surface area contributed by atoms with E-state index in [1.165, 1.54) is 0 Å². The Morgan fingerprint density at radius 2 is 1.69 bits per heavy atom. The highest BCUT2D eigenvalue weighted by molar-refractivity contribution is 9.24. The molecule has 16 heavy (non-hydrogen) atoms. The van der Waals surface area contributed by atoms with Gasteiger partial charge >= 0.3 is 0 Å². The largest absolute Gasteiger partial charge is 0.359 e. The summed E-state index contributed by atoms with van der Waals surface area (Å²) in [7, 11) is 1.63. The molecule has 0 heterocycles. The van der Waals surface area contributed by atoms with Crippen molar-refractivity contribution in [3.05, 3.63) is 25.3 Å². The Kier molecular flexibility index (Phi) is 9.61. The zero-order valence-corrected chi connectivity index (χ0v) is 12.9. The second kappa shape index (κ2) is 9.40. The Bertz CT molecular complexity index is 193. The molecular weight excluding hydrogens is 336 g/mol. The quantitative estimate of drug-likeness (QED) is 0.328. The van der Waals surface area contributed by atoms with Gasteiger partial charge in [0, 0.05) is 7.11 Å². The second-order valence-corrected chi connectivity index (χ2v) is 6.63. The molecule has 0 aliphatic heterocycles. The molecule has 94 valence electrons. The lowest BCUT2D eigenvalue weighted by atomic mass is 9.94. The molecule has 0 atom stereocenters. The van der Waals surface area contributed by atoms with Crippen molar-refractivity contribution >= 4 is 31.9 Å². The van der Waals surface area contributed by atoms with E-state index >= 15 is 0 Å². The minimum Gasteiger partial charge on any atom is -0.359 e. The third kappa shape index (κ3) is 5.62. The molecule has 0 spiro atoms. The van der Waals surface area contributed by atoms with E-state index in [0.29, 0.717) is 6.79 Å². The van der Waals surface area contributed by atoms with Gasteiger partial charge in [0.2, 0.25) is 0 Å². The number of hydrogen-bond donors (Lipinski definition) is 0. The minimum atomic E-state index is -0.279. The van der Waals surface area contributed by atoms with Crippen molar-refractivity contribution in [1.82, 2.24) is 0 Å². The fourth-order valence-corrected chi connectivity index (χ4v) is 2.60. The van der Waals surface area contributed by atoms with Gasteiger partial charge in [-0.15, -0.1) is 13.2 Å². The number of allylic oxidation sites excluding steroid dienone is 2. The number of hydrogen-bond acceptors (Lipinski definition) is 2. The highest BCUT2D eigenvalue weighted by Gasteiger charge is 2.35. The molecule has 0 unspecified atom stereocenters. The molecule has 0 aromatic rings. The van der Waals surface area contributed by atoms with Gasteiger partial charge < -0.3 is 9.47 Å². The Balaban J connectivity index is 4.57. The summed E-state index contributed by atoms with van der Waals surface area (Å²) in [6.07, 6.45) is 7.43. The third-order valence-electron chi connectivity index (χ3n) is 2.41. The lowest BCUT2D eigenvalue weighted by molar-refractivity contribution is -0.128. The van der Waals surface area contributed by atoms with Crippen LogP contribution in [0, 0.1) is 0 Å². The van der Waals surface area contributed by atoms with E-state index in [2.05, 4.69) is 45.0 Å². The van der Waals surface area contributed by atoms with Crippen LogP contribution in [0.4, 0.5) is 0 Å². The number of ether oxygens (including phenoxy) is 2. The first kappa shape index (κ1) is 16.4. The van der Waals surface area contributed by atoms with Crippen LogP contribution in [0.25, 0.3) is 0 Å². The average Bonchev–Trinajstić information content (AvgIpc) is 2.28. The molecule has 0 rings (SSSR count). The molecule has 0 aliphatic carbocycles. The fourth-order valence-electron chi connectivity index (χ4n) is 1.42. The first-order valence-corrected chi connectivity index (χ1v) is 7.09. The normalized spacial score (nSPS) is 11.8. The van der Waals surface area contributed by atoms with Crippen molar-refractivity contribution in [2.45, 2.75) is 35.0 Å². The van der Waals surface area contributed by atoms with E-state index in [0.717, 1.165) is 25.7 Å². The highest BCUT2D eigenvalue weighted by atomic mass is 79.9. The SMILES string of the molecule is C=CCCC(CCC=C)(OCOC)C(Br)Br. The number of alkyl halides is 2. The van der Waals surface area contributed by atoms with E-state index in [4.69, 9.17) is 9.47 Å². The fraction of sp³-hybridized carbons (Fsp3) is 0.667. The van der Waals surface area contributed by atoms with E-state index < -0.39 is 0 Å². The van der Waals surface area contributed by atoms with Gasteiger partial charge in [0.25, 0.3) is 0 Å². The molecule has 0 bridgehead atoms. The van der Waals surface area contributed by atoms with Gasteiger partial charge in [-0.1, -0.05) is 44.0 Å². The summed E-state index contributed by atoms with van der Waals surface area (Å²) in [6, 6.07) is 0. The van der Waals surface area contributed by atoms with Crippen molar-refractivity contribution in [1.29, 1.82) is 0 Å². The second-order valence-electron chi connectivity index (χ2n) is 3.57. The third-order valence-corrected chi connectivity index (χ3v) is 4.07. The summed E-state index contributed by atoms with van der Waals surface area (Å²) in [5.74, 6) is 0. The summed E-state index contributed by atoms with van der Waals surface area (Å²) in [5.41, 5.74) is -0.279. The monoisotopic (exact) mass is 354 g/mol. The lowest BCUT2D eigenvalue weighted by Gasteiger charge is -2.35. The van der Waals surface area contributed by atoms with Crippen LogP contribution in [0.5, 0.6) is 0 Å². The Morgan fingerprint density at radius 1 is 1.19 bits per heavy atom. The molecule has 0 aromatic heterocycles. The standard InChI is InChI=1S/C12H20Br2O2/c1-4-6-8-12(11(13)14,9-7-5-2)16-10-15-3/h4-5,11H,1-2,6-10H2,3H3.